The maximum absolute atomic E-state index is 11.3. The molecule has 1 aliphatic rings. The van der Waals surface area contributed by atoms with Crippen molar-refractivity contribution in [3.63, 3.8) is 0 Å². The summed E-state index contributed by atoms with van der Waals surface area (Å²) in [4.78, 5) is 32.4. The van der Waals surface area contributed by atoms with E-state index in [2.05, 4.69) is 15.3 Å². The predicted octanol–water partition coefficient (Wildman–Crippen LogP) is 0.210. The number of halogens is 1. The number of hydrogen-bond donors (Lipinski definition) is 1. The number of nitrogens with zero attached hydrogens (tertiary/aromatic N) is 3. The molecule has 0 unspecified atom stereocenters. The van der Waals surface area contributed by atoms with E-state index in [9.17, 15) is 9.59 Å². The van der Waals surface area contributed by atoms with E-state index in [0.717, 1.165) is 11.4 Å². The quantitative estimate of drug-likeness (QED) is 0.725. The van der Waals surface area contributed by atoms with Crippen LogP contribution in [-0.2, 0) is 9.59 Å². The van der Waals surface area contributed by atoms with E-state index >= 15 is 0 Å². The Morgan fingerprint density at radius 1 is 1.12 bits per heavy atom. The minimum absolute atomic E-state index is 0.0582. The maximum Gasteiger partial charge on any atom is 0.246 e. The summed E-state index contributed by atoms with van der Waals surface area (Å²) in [5, 5.41) is 2.42. The zero-order chi connectivity index (χ0) is 12.6. The van der Waals surface area contributed by atoms with E-state index in [-0.39, 0.29) is 30.1 Å². The molecule has 0 atom stereocenters. The number of hydrogen-bond acceptors (Lipinski definition) is 5. The number of piperazine rings is 1. The first-order valence-corrected chi connectivity index (χ1v) is 5.43. The van der Waals surface area contributed by atoms with Gasteiger partial charge in [0.1, 0.15) is 0 Å². The molecule has 17 heavy (non-hydrogen) atoms. The Labute approximate surface area is 103 Å². The fourth-order valence-corrected chi connectivity index (χ4v) is 1.84. The Morgan fingerprint density at radius 3 is 2.24 bits per heavy atom. The topological polar surface area (TPSA) is 75.2 Å². The van der Waals surface area contributed by atoms with Crippen molar-refractivity contribution < 1.29 is 9.59 Å². The maximum atomic E-state index is 11.3. The minimum atomic E-state index is -0.364. The molecule has 0 radical (unpaired) electrons. The molecule has 1 saturated heterocycles. The van der Waals surface area contributed by atoms with Crippen LogP contribution in [-0.4, -0.2) is 34.9 Å². The summed E-state index contributed by atoms with van der Waals surface area (Å²) in [7, 11) is 0. The van der Waals surface area contributed by atoms with Crippen molar-refractivity contribution in [3.8, 4) is 0 Å². The van der Waals surface area contributed by atoms with Crippen LogP contribution in [0.1, 0.15) is 11.4 Å². The summed E-state index contributed by atoms with van der Waals surface area (Å²) in [5.74, 6) is -0.354. The molecule has 1 aromatic rings. The van der Waals surface area contributed by atoms with E-state index in [1.807, 2.05) is 0 Å². The first-order valence-electron chi connectivity index (χ1n) is 5.05. The van der Waals surface area contributed by atoms with Crippen molar-refractivity contribution in [1.82, 2.24) is 15.3 Å². The van der Waals surface area contributed by atoms with Crippen LogP contribution in [0.2, 0.25) is 5.15 Å². The number of carbonyl (C=O) groups is 2. The molecular weight excluding hydrogens is 244 g/mol. The number of carbonyl (C=O) groups excluding carboxylic acids is 2. The van der Waals surface area contributed by atoms with Crippen molar-refractivity contribution in [3.05, 3.63) is 16.5 Å². The zero-order valence-electron chi connectivity index (χ0n) is 9.45. The van der Waals surface area contributed by atoms with Gasteiger partial charge in [-0.05, 0) is 13.8 Å². The second kappa shape index (κ2) is 4.29. The lowest BCUT2D eigenvalue weighted by atomic mass is 10.3. The van der Waals surface area contributed by atoms with Crippen LogP contribution in [0.4, 0.5) is 5.82 Å². The van der Waals surface area contributed by atoms with Gasteiger partial charge < -0.3 is 4.90 Å². The van der Waals surface area contributed by atoms with Gasteiger partial charge in [-0.15, -0.1) is 0 Å². The molecule has 2 rings (SSSR count). The van der Waals surface area contributed by atoms with Crippen LogP contribution in [0.5, 0.6) is 0 Å². The first kappa shape index (κ1) is 11.8. The number of rotatable bonds is 1. The van der Waals surface area contributed by atoms with Crippen molar-refractivity contribution >= 4 is 29.2 Å². The lowest BCUT2D eigenvalue weighted by Crippen LogP contribution is -2.52. The van der Waals surface area contributed by atoms with Gasteiger partial charge >= 0.3 is 0 Å². The normalized spacial score (nSPS) is 16.1. The third-order valence-electron chi connectivity index (χ3n) is 2.49. The number of amides is 2. The molecule has 90 valence electrons. The summed E-state index contributed by atoms with van der Waals surface area (Å²) < 4.78 is 0. The molecule has 1 aromatic heterocycles. The summed E-state index contributed by atoms with van der Waals surface area (Å²) >= 11 is 5.97. The number of nitrogens with one attached hydrogen (secondary N) is 1. The van der Waals surface area contributed by atoms with Gasteiger partial charge in [-0.3, -0.25) is 14.9 Å². The van der Waals surface area contributed by atoms with Crippen LogP contribution < -0.4 is 10.2 Å². The molecule has 6 nitrogen and oxygen atoms in total. The summed E-state index contributed by atoms with van der Waals surface area (Å²) in [5.41, 5.74) is 1.45. The van der Waals surface area contributed by atoms with Gasteiger partial charge in [-0.2, -0.15) is 0 Å². The Balaban J connectivity index is 2.36. The zero-order valence-corrected chi connectivity index (χ0v) is 10.2. The number of aromatic nitrogens is 2. The molecule has 2 amide bonds. The van der Waals surface area contributed by atoms with Gasteiger partial charge in [0.25, 0.3) is 0 Å². The van der Waals surface area contributed by atoms with Crippen molar-refractivity contribution in [2.45, 2.75) is 13.8 Å². The molecule has 0 aliphatic carbocycles. The second-order valence-corrected chi connectivity index (χ2v) is 4.19. The van der Waals surface area contributed by atoms with Crippen molar-refractivity contribution in [1.29, 1.82) is 0 Å². The van der Waals surface area contributed by atoms with E-state index < -0.39 is 0 Å². The lowest BCUT2D eigenvalue weighted by Gasteiger charge is -2.27. The summed E-state index contributed by atoms with van der Waals surface area (Å²) in [6.45, 7) is 3.71. The molecule has 1 aliphatic heterocycles. The monoisotopic (exact) mass is 254 g/mol. The molecular formula is C10H11ClN4O2. The third-order valence-corrected chi connectivity index (χ3v) is 2.75. The standard InChI is InChI=1S/C10H11ClN4O2/c1-5-6(2)13-10(9(11)12-5)15-3-7(16)14-8(17)4-15/h3-4H2,1-2H3,(H,14,16,17). The van der Waals surface area contributed by atoms with Gasteiger partial charge in [0, 0.05) is 0 Å². The highest BCUT2D eigenvalue weighted by Crippen LogP contribution is 2.23. The fraction of sp³-hybridized carbons (Fsp3) is 0.400. The highest BCUT2D eigenvalue weighted by atomic mass is 35.5. The molecule has 7 heteroatoms. The van der Waals surface area contributed by atoms with Crippen molar-refractivity contribution in [2.24, 2.45) is 0 Å². The predicted molar refractivity (Wildman–Crippen MR) is 61.9 cm³/mol. The van der Waals surface area contributed by atoms with Crippen LogP contribution >= 0.6 is 11.6 Å². The van der Waals surface area contributed by atoms with Gasteiger partial charge in [0.2, 0.25) is 11.8 Å². The second-order valence-electron chi connectivity index (χ2n) is 3.84. The van der Waals surface area contributed by atoms with Crippen LogP contribution in [0, 0.1) is 13.8 Å². The SMILES string of the molecule is Cc1nc(Cl)c(N2CC(=O)NC(=O)C2)nc1C. The van der Waals surface area contributed by atoms with E-state index in [0.29, 0.717) is 5.82 Å². The van der Waals surface area contributed by atoms with E-state index in [4.69, 9.17) is 11.6 Å². The molecule has 0 spiro atoms. The summed E-state index contributed by atoms with van der Waals surface area (Å²) in [6.07, 6.45) is 0. The summed E-state index contributed by atoms with van der Waals surface area (Å²) in [6, 6.07) is 0. The average Bonchev–Trinajstić information content (AvgIpc) is 2.22. The van der Waals surface area contributed by atoms with Gasteiger partial charge in [0.05, 0.1) is 24.5 Å². The third kappa shape index (κ3) is 2.36. The largest absolute Gasteiger partial charge is 0.335 e. The Bertz CT molecular complexity index is 487. The van der Waals surface area contributed by atoms with E-state index in [1.54, 1.807) is 13.8 Å². The first-order chi connectivity index (χ1) is 7.97. The van der Waals surface area contributed by atoms with Gasteiger partial charge in [0.15, 0.2) is 11.0 Å². The van der Waals surface area contributed by atoms with Crippen LogP contribution in [0.15, 0.2) is 0 Å². The van der Waals surface area contributed by atoms with E-state index in [1.165, 1.54) is 4.90 Å². The smallest absolute Gasteiger partial charge is 0.246 e. The molecule has 0 aromatic carbocycles. The number of anilines is 1. The Morgan fingerprint density at radius 2 is 1.65 bits per heavy atom. The van der Waals surface area contributed by atoms with Crippen molar-refractivity contribution in [2.75, 3.05) is 18.0 Å². The fourth-order valence-electron chi connectivity index (χ4n) is 1.55. The highest BCUT2D eigenvalue weighted by Gasteiger charge is 2.25. The van der Waals surface area contributed by atoms with Gasteiger partial charge in [-0.1, -0.05) is 11.6 Å². The Kier molecular flexibility index (Phi) is 2.97. The highest BCUT2D eigenvalue weighted by molar-refractivity contribution is 6.31. The minimum Gasteiger partial charge on any atom is -0.335 e. The molecule has 0 bridgehead atoms. The molecule has 2 heterocycles. The average molecular weight is 255 g/mol. The number of aryl methyl sites for hydroxylation is 2. The molecule has 1 fully saturated rings. The van der Waals surface area contributed by atoms with Gasteiger partial charge in [-0.25, -0.2) is 9.97 Å². The molecule has 1 N–H and O–H groups in total. The lowest BCUT2D eigenvalue weighted by molar-refractivity contribution is -0.130. The van der Waals surface area contributed by atoms with Crippen LogP contribution in [0.25, 0.3) is 0 Å². The number of imide groups is 1. The van der Waals surface area contributed by atoms with Crippen LogP contribution in [0.3, 0.4) is 0 Å². The molecule has 0 saturated carbocycles. The Hall–Kier alpha value is -1.69.